The van der Waals surface area contributed by atoms with Crippen molar-refractivity contribution in [1.29, 1.82) is 0 Å². The van der Waals surface area contributed by atoms with Crippen molar-refractivity contribution >= 4 is 40.1 Å². The lowest BCUT2D eigenvalue weighted by atomic mass is 9.80. The minimum Gasteiger partial charge on any atom is -0.465 e. The molecule has 0 aliphatic heterocycles. The molecule has 8 nitrogen and oxygen atoms in total. The fraction of sp³-hybridized carbons (Fsp3) is 0.269. The summed E-state index contributed by atoms with van der Waals surface area (Å²) in [7, 11) is 0. The number of nitrogens with one attached hydrogen (secondary N) is 3. The van der Waals surface area contributed by atoms with E-state index in [9.17, 15) is 14.7 Å². The van der Waals surface area contributed by atoms with Crippen molar-refractivity contribution in [3.63, 3.8) is 0 Å². The molecule has 1 aromatic carbocycles. The number of thiophene rings is 1. The molecule has 4 aromatic rings. The first-order valence-electron chi connectivity index (χ1n) is 11.3. The number of carbonyl (C=O) groups excluding carboxylic acids is 1. The van der Waals surface area contributed by atoms with Gasteiger partial charge in [0, 0.05) is 22.8 Å². The van der Waals surface area contributed by atoms with Gasteiger partial charge in [0.25, 0.3) is 5.91 Å². The number of H-pyrrole nitrogens is 1. The fourth-order valence-electron chi connectivity index (χ4n) is 4.31. The smallest absolute Gasteiger partial charge is 0.404 e. The van der Waals surface area contributed by atoms with Crippen molar-refractivity contribution in [2.24, 2.45) is 5.41 Å². The zero-order valence-electron chi connectivity index (χ0n) is 19.8. The van der Waals surface area contributed by atoms with E-state index >= 15 is 0 Å². The number of hydrogen-bond donors (Lipinski definition) is 5. The topological polar surface area (TPSA) is 133 Å². The Kier molecular flexibility index (Phi) is 6.79. The average molecular weight is 492 g/mol. The SMILES string of the molecule is CC(C)(C)C(NC(=O)O)C(Cc1ccccc1)NC(=O)c1ccc(-c2ccnc3[nH]cc(N)c23)s1. The molecule has 3 aromatic heterocycles. The van der Waals surface area contributed by atoms with Gasteiger partial charge in [0.05, 0.1) is 28.0 Å². The van der Waals surface area contributed by atoms with Gasteiger partial charge in [0.2, 0.25) is 0 Å². The molecule has 2 amide bonds. The highest BCUT2D eigenvalue weighted by Gasteiger charge is 2.35. The van der Waals surface area contributed by atoms with Crippen molar-refractivity contribution in [3.05, 3.63) is 71.4 Å². The predicted molar refractivity (Wildman–Crippen MR) is 140 cm³/mol. The molecule has 4 rings (SSSR count). The van der Waals surface area contributed by atoms with Crippen LogP contribution in [0.3, 0.4) is 0 Å². The van der Waals surface area contributed by atoms with Gasteiger partial charge in [-0.05, 0) is 35.6 Å². The lowest BCUT2D eigenvalue weighted by Gasteiger charge is -2.37. The second kappa shape index (κ2) is 9.79. The predicted octanol–water partition coefficient (Wildman–Crippen LogP) is 4.90. The standard InChI is InChI=1S/C26H29N5O3S/c1-26(2,3)22(31-25(33)34)18(13-15-7-5-4-6-8-15)30-24(32)20-10-9-19(35-20)16-11-12-28-23-21(16)17(27)14-29-23/h4-12,14,18,22,31H,13,27H2,1-3H3,(H,28,29)(H,30,32)(H,33,34). The normalized spacial score (nSPS) is 13.3. The number of aromatic nitrogens is 2. The molecule has 9 heteroatoms. The highest BCUT2D eigenvalue weighted by Crippen LogP contribution is 2.35. The Morgan fingerprint density at radius 3 is 2.54 bits per heavy atom. The molecule has 0 saturated carbocycles. The number of nitrogens with two attached hydrogens (primary N) is 1. The Hall–Kier alpha value is -3.85. The molecule has 0 saturated heterocycles. The summed E-state index contributed by atoms with van der Waals surface area (Å²) in [5.74, 6) is -0.254. The van der Waals surface area contributed by atoms with E-state index in [1.165, 1.54) is 11.3 Å². The molecule has 0 aliphatic rings. The Balaban J connectivity index is 1.63. The second-order valence-corrected chi connectivity index (χ2v) is 10.6. The molecular weight excluding hydrogens is 462 g/mol. The molecule has 0 bridgehead atoms. The summed E-state index contributed by atoms with van der Waals surface area (Å²) in [4.78, 5) is 33.8. The van der Waals surface area contributed by atoms with E-state index in [4.69, 9.17) is 5.73 Å². The van der Waals surface area contributed by atoms with Crippen LogP contribution in [-0.4, -0.2) is 39.2 Å². The first-order chi connectivity index (χ1) is 16.6. The summed E-state index contributed by atoms with van der Waals surface area (Å²) in [5, 5.41) is 16.1. The Morgan fingerprint density at radius 2 is 1.86 bits per heavy atom. The molecule has 3 heterocycles. The number of fused-ring (bicyclic) bond motifs is 1. The maximum Gasteiger partial charge on any atom is 0.404 e. The van der Waals surface area contributed by atoms with Gasteiger partial charge in [0.1, 0.15) is 5.65 Å². The van der Waals surface area contributed by atoms with E-state index in [-0.39, 0.29) is 5.91 Å². The van der Waals surface area contributed by atoms with Crippen LogP contribution in [0.1, 0.15) is 36.0 Å². The highest BCUT2D eigenvalue weighted by molar-refractivity contribution is 7.17. The number of rotatable bonds is 7. The third kappa shape index (κ3) is 5.46. The molecule has 0 aliphatic carbocycles. The minimum atomic E-state index is -1.12. The zero-order chi connectivity index (χ0) is 25.2. The molecule has 6 N–H and O–H groups in total. The van der Waals surface area contributed by atoms with E-state index in [1.54, 1.807) is 18.5 Å². The first-order valence-corrected chi connectivity index (χ1v) is 12.1. The quantitative estimate of drug-likeness (QED) is 0.251. The number of carbonyl (C=O) groups is 2. The monoisotopic (exact) mass is 491 g/mol. The van der Waals surface area contributed by atoms with Gasteiger partial charge in [-0.1, -0.05) is 51.1 Å². The van der Waals surface area contributed by atoms with Gasteiger partial charge in [0.15, 0.2) is 0 Å². The Bertz CT molecular complexity index is 1340. The third-order valence-corrected chi connectivity index (χ3v) is 7.05. The van der Waals surface area contributed by atoms with Crippen LogP contribution in [0, 0.1) is 5.41 Å². The Labute approximate surface area is 207 Å². The zero-order valence-corrected chi connectivity index (χ0v) is 20.6. The number of aromatic amines is 1. The lowest BCUT2D eigenvalue weighted by molar-refractivity contribution is 0.0905. The number of anilines is 1. The van der Waals surface area contributed by atoms with Crippen LogP contribution in [0.4, 0.5) is 10.5 Å². The summed E-state index contributed by atoms with van der Waals surface area (Å²) in [6, 6.07) is 14.3. The van der Waals surface area contributed by atoms with Crippen molar-refractivity contribution in [2.75, 3.05) is 5.73 Å². The molecule has 2 atom stereocenters. The number of pyridine rings is 1. The van der Waals surface area contributed by atoms with Crippen LogP contribution in [0.2, 0.25) is 0 Å². The highest BCUT2D eigenvalue weighted by atomic mass is 32.1. The Morgan fingerprint density at radius 1 is 1.11 bits per heavy atom. The maximum absolute atomic E-state index is 13.4. The first kappa shape index (κ1) is 24.3. The molecule has 0 spiro atoms. The third-order valence-electron chi connectivity index (χ3n) is 5.93. The van der Waals surface area contributed by atoms with Crippen LogP contribution in [0.5, 0.6) is 0 Å². The summed E-state index contributed by atoms with van der Waals surface area (Å²) >= 11 is 1.36. The van der Waals surface area contributed by atoms with E-state index in [2.05, 4.69) is 20.6 Å². The van der Waals surface area contributed by atoms with Crippen molar-refractivity contribution in [2.45, 2.75) is 39.3 Å². The lowest BCUT2D eigenvalue weighted by Crippen LogP contribution is -2.58. The van der Waals surface area contributed by atoms with Gasteiger partial charge in [-0.2, -0.15) is 0 Å². The van der Waals surface area contributed by atoms with Gasteiger partial charge >= 0.3 is 6.09 Å². The number of benzene rings is 1. The fourth-order valence-corrected chi connectivity index (χ4v) is 5.25. The van der Waals surface area contributed by atoms with Gasteiger partial charge in [-0.25, -0.2) is 9.78 Å². The second-order valence-electron chi connectivity index (χ2n) is 9.55. The summed E-state index contributed by atoms with van der Waals surface area (Å²) < 4.78 is 0. The molecular formula is C26H29N5O3S. The maximum atomic E-state index is 13.4. The minimum absolute atomic E-state index is 0.254. The van der Waals surface area contributed by atoms with E-state index in [0.717, 1.165) is 21.4 Å². The molecule has 0 radical (unpaired) electrons. The largest absolute Gasteiger partial charge is 0.465 e. The van der Waals surface area contributed by atoms with E-state index < -0.39 is 23.6 Å². The van der Waals surface area contributed by atoms with E-state index in [0.29, 0.717) is 22.6 Å². The van der Waals surface area contributed by atoms with Gasteiger partial charge in [-0.15, -0.1) is 11.3 Å². The molecule has 35 heavy (non-hydrogen) atoms. The molecule has 0 fully saturated rings. The average Bonchev–Trinajstić information content (AvgIpc) is 3.44. The van der Waals surface area contributed by atoms with Crippen LogP contribution in [0.15, 0.2) is 60.9 Å². The summed E-state index contributed by atoms with van der Waals surface area (Å²) in [5.41, 5.74) is 8.90. The van der Waals surface area contributed by atoms with Crippen molar-refractivity contribution in [1.82, 2.24) is 20.6 Å². The van der Waals surface area contributed by atoms with Crippen LogP contribution < -0.4 is 16.4 Å². The summed E-state index contributed by atoms with van der Waals surface area (Å²) in [6.45, 7) is 5.87. The van der Waals surface area contributed by atoms with Crippen LogP contribution >= 0.6 is 11.3 Å². The van der Waals surface area contributed by atoms with Crippen molar-refractivity contribution < 1.29 is 14.7 Å². The van der Waals surface area contributed by atoms with Crippen molar-refractivity contribution in [3.8, 4) is 10.4 Å². The summed E-state index contributed by atoms with van der Waals surface area (Å²) in [6.07, 6.45) is 2.77. The number of hydrogen-bond acceptors (Lipinski definition) is 5. The van der Waals surface area contributed by atoms with Crippen LogP contribution in [0.25, 0.3) is 21.5 Å². The van der Waals surface area contributed by atoms with Gasteiger partial charge < -0.3 is 26.5 Å². The number of carboxylic acid groups (broad SMARTS) is 1. The molecule has 2 unspecified atom stereocenters. The molecule has 182 valence electrons. The number of nitrogen functional groups attached to an aromatic ring is 1. The number of nitrogens with zero attached hydrogens (tertiary/aromatic N) is 1. The van der Waals surface area contributed by atoms with Gasteiger partial charge in [-0.3, -0.25) is 4.79 Å². The van der Waals surface area contributed by atoms with Crippen LogP contribution in [-0.2, 0) is 6.42 Å². The number of amides is 2. The van der Waals surface area contributed by atoms with E-state index in [1.807, 2.05) is 63.2 Å².